The highest BCUT2D eigenvalue weighted by Gasteiger charge is 2.60. The summed E-state index contributed by atoms with van der Waals surface area (Å²) in [4.78, 5) is 12.5. The van der Waals surface area contributed by atoms with Crippen molar-refractivity contribution in [1.82, 2.24) is 0 Å². The van der Waals surface area contributed by atoms with Crippen molar-refractivity contribution in [1.29, 1.82) is 0 Å². The summed E-state index contributed by atoms with van der Waals surface area (Å²) in [7, 11) is 1.90. The largest absolute Gasteiger partial charge is 0.384 e. The van der Waals surface area contributed by atoms with Gasteiger partial charge >= 0.3 is 0 Å². The highest BCUT2D eigenvalue weighted by molar-refractivity contribution is 5.87. The van der Waals surface area contributed by atoms with Crippen LogP contribution in [0.15, 0.2) is 0 Å². The van der Waals surface area contributed by atoms with Crippen LogP contribution in [0, 0.1) is 34.5 Å². The lowest BCUT2D eigenvalue weighted by atomic mass is 9.45. The molecule has 22 heavy (non-hydrogen) atoms. The molecule has 0 aromatic carbocycles. The zero-order chi connectivity index (χ0) is 15.4. The maximum Gasteiger partial charge on any atom is 0.139 e. The van der Waals surface area contributed by atoms with Crippen molar-refractivity contribution in [2.75, 3.05) is 13.7 Å². The molecule has 0 aromatic heterocycles. The van der Waals surface area contributed by atoms with Crippen molar-refractivity contribution in [3.05, 3.63) is 0 Å². The zero-order valence-corrected chi connectivity index (χ0v) is 14.4. The molecule has 2 nitrogen and oxygen atoms in total. The van der Waals surface area contributed by atoms with Gasteiger partial charge in [0, 0.05) is 18.9 Å². The van der Waals surface area contributed by atoms with Gasteiger partial charge in [0.25, 0.3) is 0 Å². The van der Waals surface area contributed by atoms with Crippen LogP contribution in [-0.2, 0) is 9.53 Å². The van der Waals surface area contributed by atoms with Gasteiger partial charge in [-0.3, -0.25) is 4.79 Å². The molecule has 0 bridgehead atoms. The number of carbonyl (C=O) groups is 1. The maximum absolute atomic E-state index is 12.5. The van der Waals surface area contributed by atoms with Gasteiger partial charge in [0.1, 0.15) is 5.78 Å². The standard InChI is InChI=1S/C20H32O2/c1-19-12-10-17-15(16(19)8-9-18(19)21)7-6-14-5-3-4-11-20(14,17)13-22-2/h14-17H,3-13H2,1-2H3/t14?,15-,16-,17-,19-,20+/m0/s1. The first-order valence-electron chi connectivity index (χ1n) is 9.64. The average molecular weight is 304 g/mol. The quantitative estimate of drug-likeness (QED) is 0.744. The zero-order valence-electron chi connectivity index (χ0n) is 14.4. The topological polar surface area (TPSA) is 26.3 Å². The van der Waals surface area contributed by atoms with Gasteiger partial charge < -0.3 is 4.74 Å². The molecule has 0 radical (unpaired) electrons. The molecule has 4 rings (SSSR count). The third-order valence-electron chi connectivity index (χ3n) is 8.40. The second-order valence-electron chi connectivity index (χ2n) is 8.98. The summed E-state index contributed by atoms with van der Waals surface area (Å²) >= 11 is 0. The monoisotopic (exact) mass is 304 g/mol. The molecule has 4 aliphatic rings. The highest BCUT2D eigenvalue weighted by Crippen LogP contribution is 2.65. The third kappa shape index (κ3) is 1.92. The van der Waals surface area contributed by atoms with Crippen LogP contribution in [0.2, 0.25) is 0 Å². The van der Waals surface area contributed by atoms with E-state index in [2.05, 4.69) is 6.92 Å². The van der Waals surface area contributed by atoms with E-state index in [1.54, 1.807) is 0 Å². The molecule has 0 heterocycles. The molecular weight excluding hydrogens is 272 g/mol. The van der Waals surface area contributed by atoms with Gasteiger partial charge in [-0.05, 0) is 74.0 Å². The molecule has 0 aliphatic heterocycles. The van der Waals surface area contributed by atoms with Crippen LogP contribution >= 0.6 is 0 Å². The number of methoxy groups -OCH3 is 1. The van der Waals surface area contributed by atoms with Gasteiger partial charge in [-0.1, -0.05) is 19.8 Å². The number of carbonyl (C=O) groups excluding carboxylic acids is 1. The number of hydrogen-bond donors (Lipinski definition) is 0. The van der Waals surface area contributed by atoms with E-state index in [4.69, 9.17) is 4.74 Å². The smallest absolute Gasteiger partial charge is 0.139 e. The fraction of sp³-hybridized carbons (Fsp3) is 0.950. The van der Waals surface area contributed by atoms with Gasteiger partial charge in [-0.25, -0.2) is 0 Å². The number of ether oxygens (including phenoxy) is 1. The normalized spacial score (nSPS) is 51.1. The Kier molecular flexibility index (Phi) is 3.67. The van der Waals surface area contributed by atoms with Crippen LogP contribution in [0.3, 0.4) is 0 Å². The minimum Gasteiger partial charge on any atom is -0.384 e. The Morgan fingerprint density at radius 1 is 1.05 bits per heavy atom. The van der Waals surface area contributed by atoms with E-state index >= 15 is 0 Å². The van der Waals surface area contributed by atoms with Gasteiger partial charge in [0.2, 0.25) is 0 Å². The fourth-order valence-corrected chi connectivity index (χ4v) is 7.39. The number of hydrogen-bond acceptors (Lipinski definition) is 2. The van der Waals surface area contributed by atoms with Crippen LogP contribution in [-0.4, -0.2) is 19.5 Å². The summed E-state index contributed by atoms with van der Waals surface area (Å²) in [5.74, 6) is 3.77. The number of fused-ring (bicyclic) bond motifs is 5. The van der Waals surface area contributed by atoms with Crippen LogP contribution in [0.5, 0.6) is 0 Å². The number of Topliss-reactive ketones (excluding diaryl/α,β-unsaturated/α-hetero) is 1. The van der Waals surface area contributed by atoms with E-state index < -0.39 is 0 Å². The molecule has 124 valence electrons. The van der Waals surface area contributed by atoms with E-state index in [9.17, 15) is 4.79 Å². The van der Waals surface area contributed by atoms with Gasteiger partial charge in [0.15, 0.2) is 0 Å². The Morgan fingerprint density at radius 2 is 1.91 bits per heavy atom. The molecule has 4 aliphatic carbocycles. The maximum atomic E-state index is 12.5. The van der Waals surface area contributed by atoms with Crippen molar-refractivity contribution in [2.24, 2.45) is 34.5 Å². The summed E-state index contributed by atoms with van der Waals surface area (Å²) in [6, 6.07) is 0. The molecule has 0 amide bonds. The highest BCUT2D eigenvalue weighted by atomic mass is 16.5. The van der Waals surface area contributed by atoms with Crippen molar-refractivity contribution < 1.29 is 9.53 Å². The summed E-state index contributed by atoms with van der Waals surface area (Å²) in [5.41, 5.74) is 0.472. The lowest BCUT2D eigenvalue weighted by molar-refractivity contribution is -0.150. The predicted molar refractivity (Wildman–Crippen MR) is 87.6 cm³/mol. The van der Waals surface area contributed by atoms with Crippen LogP contribution in [0.25, 0.3) is 0 Å². The van der Waals surface area contributed by atoms with Crippen molar-refractivity contribution >= 4 is 5.78 Å². The molecular formula is C20H32O2. The van der Waals surface area contributed by atoms with Crippen LogP contribution in [0.1, 0.15) is 71.1 Å². The summed E-state index contributed by atoms with van der Waals surface area (Å²) < 4.78 is 5.78. The molecule has 2 heteroatoms. The number of ketones is 1. The van der Waals surface area contributed by atoms with E-state index in [1.807, 2.05) is 7.11 Å². The Hall–Kier alpha value is -0.370. The van der Waals surface area contributed by atoms with E-state index in [0.29, 0.717) is 17.1 Å². The molecule has 6 atom stereocenters. The van der Waals surface area contributed by atoms with Crippen molar-refractivity contribution in [3.8, 4) is 0 Å². The Bertz CT molecular complexity index is 455. The van der Waals surface area contributed by atoms with Crippen LogP contribution < -0.4 is 0 Å². The summed E-state index contributed by atoms with van der Waals surface area (Å²) in [6.07, 6.45) is 12.8. The predicted octanol–water partition coefficient (Wildman–Crippen LogP) is 4.61. The molecule has 0 spiro atoms. The van der Waals surface area contributed by atoms with Crippen molar-refractivity contribution in [2.45, 2.75) is 71.1 Å². The second-order valence-corrected chi connectivity index (χ2v) is 8.98. The van der Waals surface area contributed by atoms with E-state index in [1.165, 1.54) is 51.4 Å². The first kappa shape index (κ1) is 15.2. The second kappa shape index (κ2) is 5.33. The molecule has 1 unspecified atom stereocenters. The number of rotatable bonds is 2. The summed E-state index contributed by atoms with van der Waals surface area (Å²) in [5, 5.41) is 0. The minimum absolute atomic E-state index is 0.0247. The SMILES string of the molecule is COC[C@]12CCCCC1CC[C@@H]1[C@@H]2CC[C@]2(C)C(=O)CC[C@@H]12. The Morgan fingerprint density at radius 3 is 2.73 bits per heavy atom. The molecule has 0 aromatic rings. The van der Waals surface area contributed by atoms with Gasteiger partial charge in [-0.15, -0.1) is 0 Å². The molecule has 4 saturated carbocycles. The first-order valence-corrected chi connectivity index (χ1v) is 9.64. The lowest BCUT2D eigenvalue weighted by Gasteiger charge is -2.60. The lowest BCUT2D eigenvalue weighted by Crippen LogP contribution is -2.55. The Balaban J connectivity index is 1.67. The summed E-state index contributed by atoms with van der Waals surface area (Å²) in [6.45, 7) is 3.26. The molecule has 4 fully saturated rings. The van der Waals surface area contributed by atoms with Gasteiger partial charge in [-0.2, -0.15) is 0 Å². The molecule has 0 saturated heterocycles. The van der Waals surface area contributed by atoms with Crippen molar-refractivity contribution in [3.63, 3.8) is 0 Å². The van der Waals surface area contributed by atoms with Gasteiger partial charge in [0.05, 0.1) is 6.61 Å². The third-order valence-corrected chi connectivity index (χ3v) is 8.40. The fourth-order valence-electron chi connectivity index (χ4n) is 7.39. The average Bonchev–Trinajstić information content (AvgIpc) is 2.83. The van der Waals surface area contributed by atoms with E-state index in [0.717, 1.165) is 37.2 Å². The van der Waals surface area contributed by atoms with Crippen LogP contribution in [0.4, 0.5) is 0 Å². The minimum atomic E-state index is 0.0247. The first-order chi connectivity index (χ1) is 10.6. The van der Waals surface area contributed by atoms with E-state index in [-0.39, 0.29) is 5.41 Å². The molecule has 0 N–H and O–H groups in total. The Labute approximate surface area is 135 Å².